The largest absolute Gasteiger partial charge is 0.417 e. The molecule has 11 heteroatoms. The summed E-state index contributed by atoms with van der Waals surface area (Å²) in [7, 11) is 1.93. The highest BCUT2D eigenvalue weighted by atomic mass is 19.4. The Balaban J connectivity index is 1.53. The lowest BCUT2D eigenvalue weighted by atomic mass is 10.1. The van der Waals surface area contributed by atoms with Crippen LogP contribution in [0.5, 0.6) is 0 Å². The number of hydrogen-bond acceptors (Lipinski definition) is 7. The topological polar surface area (TPSA) is 117 Å². The van der Waals surface area contributed by atoms with Crippen molar-refractivity contribution in [1.29, 1.82) is 0 Å². The molecule has 0 radical (unpaired) electrons. The van der Waals surface area contributed by atoms with Crippen molar-refractivity contribution >= 4 is 28.4 Å². The monoisotopic (exact) mass is 484 g/mol. The number of benzene rings is 1. The van der Waals surface area contributed by atoms with Crippen LogP contribution in [0.1, 0.15) is 30.5 Å². The first kappa shape index (κ1) is 24.3. The third-order valence-electron chi connectivity index (χ3n) is 5.62. The molecular weight excluding hydrogens is 457 g/mol. The average molecular weight is 485 g/mol. The first-order valence-electron chi connectivity index (χ1n) is 11.2. The predicted molar refractivity (Wildman–Crippen MR) is 132 cm³/mol. The Morgan fingerprint density at radius 3 is 2.57 bits per heavy atom. The number of nitrogen functional groups attached to an aromatic ring is 1. The molecule has 1 atom stereocenters. The highest BCUT2D eigenvalue weighted by molar-refractivity contribution is 5.95. The Morgan fingerprint density at radius 2 is 1.86 bits per heavy atom. The van der Waals surface area contributed by atoms with Crippen LogP contribution in [0, 0.1) is 0 Å². The summed E-state index contributed by atoms with van der Waals surface area (Å²) in [5.74, 6) is 0.310. The molecule has 3 heterocycles. The standard InChI is InChI=1S/C24H27F3N8/c1-14(15-4-6-17(7-5-15)30-9-3-8-29-2)34-23-33-13-20(28)21(35-23)19-12-32-22-18(19)10-16(11-31-22)24(25,26)27/h4-7,10-14,29-30H,3,8-9,28H2,1-2H3,(H,31,32)(H,33,34,35)/t14-/m1/s1. The number of aromatic nitrogens is 4. The van der Waals surface area contributed by atoms with E-state index < -0.39 is 11.7 Å². The van der Waals surface area contributed by atoms with Gasteiger partial charge in [0.2, 0.25) is 5.95 Å². The molecule has 4 aromatic rings. The van der Waals surface area contributed by atoms with E-state index >= 15 is 0 Å². The molecule has 184 valence electrons. The zero-order chi connectivity index (χ0) is 25.0. The van der Waals surface area contributed by atoms with Gasteiger partial charge in [-0.05, 0) is 50.7 Å². The molecule has 0 fully saturated rings. The maximum Gasteiger partial charge on any atom is 0.417 e. The third-order valence-corrected chi connectivity index (χ3v) is 5.62. The molecule has 0 aliphatic heterocycles. The SMILES string of the molecule is CNCCCNc1ccc([C@@H](C)Nc2ncc(N)c(-c3c[nH]c4ncc(C(F)(F)F)cc34)n2)cc1. The van der Waals surface area contributed by atoms with Gasteiger partial charge < -0.3 is 26.7 Å². The van der Waals surface area contributed by atoms with Crippen molar-refractivity contribution in [2.75, 3.05) is 36.5 Å². The van der Waals surface area contributed by atoms with Crippen LogP contribution in [0.4, 0.5) is 30.5 Å². The number of aromatic amines is 1. The van der Waals surface area contributed by atoms with Crippen molar-refractivity contribution < 1.29 is 13.2 Å². The summed E-state index contributed by atoms with van der Waals surface area (Å²) in [4.78, 5) is 15.5. The number of fused-ring (bicyclic) bond motifs is 1. The van der Waals surface area contributed by atoms with E-state index in [-0.39, 0.29) is 17.1 Å². The Morgan fingerprint density at radius 1 is 1.09 bits per heavy atom. The number of halogens is 3. The van der Waals surface area contributed by atoms with Gasteiger partial charge in [-0.1, -0.05) is 12.1 Å². The van der Waals surface area contributed by atoms with Gasteiger partial charge in [-0.3, -0.25) is 0 Å². The number of pyridine rings is 1. The molecule has 0 bridgehead atoms. The van der Waals surface area contributed by atoms with E-state index in [0.717, 1.165) is 43.0 Å². The van der Waals surface area contributed by atoms with E-state index in [2.05, 4.69) is 35.9 Å². The van der Waals surface area contributed by atoms with E-state index in [0.29, 0.717) is 22.9 Å². The Bertz CT molecular complexity index is 1280. The third kappa shape index (κ3) is 5.62. The van der Waals surface area contributed by atoms with Crippen molar-refractivity contribution in [3.63, 3.8) is 0 Å². The number of rotatable bonds is 9. The van der Waals surface area contributed by atoms with Gasteiger partial charge >= 0.3 is 6.18 Å². The average Bonchev–Trinajstić information content (AvgIpc) is 3.26. The van der Waals surface area contributed by atoms with Gasteiger partial charge in [0.1, 0.15) is 11.3 Å². The van der Waals surface area contributed by atoms with E-state index in [1.54, 1.807) is 6.20 Å². The summed E-state index contributed by atoms with van der Waals surface area (Å²) >= 11 is 0. The van der Waals surface area contributed by atoms with Crippen LogP contribution < -0.4 is 21.7 Å². The molecule has 0 unspecified atom stereocenters. The molecule has 6 N–H and O–H groups in total. The molecule has 0 saturated heterocycles. The lowest BCUT2D eigenvalue weighted by Gasteiger charge is -2.16. The quantitative estimate of drug-likeness (QED) is 0.216. The van der Waals surface area contributed by atoms with Crippen LogP contribution >= 0.6 is 0 Å². The lowest BCUT2D eigenvalue weighted by molar-refractivity contribution is -0.137. The molecular formula is C24H27F3N8. The summed E-state index contributed by atoms with van der Waals surface area (Å²) in [6.45, 7) is 3.80. The van der Waals surface area contributed by atoms with Crippen molar-refractivity contribution in [3.8, 4) is 11.3 Å². The molecule has 8 nitrogen and oxygen atoms in total. The van der Waals surface area contributed by atoms with E-state index in [4.69, 9.17) is 5.73 Å². The zero-order valence-corrected chi connectivity index (χ0v) is 19.4. The van der Waals surface area contributed by atoms with Gasteiger partial charge in [0.05, 0.1) is 23.5 Å². The van der Waals surface area contributed by atoms with E-state index in [1.165, 1.54) is 6.20 Å². The Kier molecular flexibility index (Phi) is 7.06. The number of H-pyrrole nitrogens is 1. The van der Waals surface area contributed by atoms with Gasteiger partial charge in [0.15, 0.2) is 0 Å². The number of hydrogen-bond donors (Lipinski definition) is 5. The second-order valence-corrected chi connectivity index (χ2v) is 8.19. The minimum atomic E-state index is -4.51. The first-order chi connectivity index (χ1) is 16.8. The fraction of sp³-hybridized carbons (Fsp3) is 0.292. The van der Waals surface area contributed by atoms with Crippen LogP contribution in [0.15, 0.2) is 48.9 Å². The summed E-state index contributed by atoms with van der Waals surface area (Å²) < 4.78 is 39.6. The van der Waals surface area contributed by atoms with Crippen LogP contribution in [-0.4, -0.2) is 40.1 Å². The van der Waals surface area contributed by atoms with Crippen molar-refractivity contribution in [1.82, 2.24) is 25.3 Å². The number of nitrogens with one attached hydrogen (secondary N) is 4. The minimum Gasteiger partial charge on any atom is -0.396 e. The molecule has 1 aromatic carbocycles. The first-order valence-corrected chi connectivity index (χ1v) is 11.2. The van der Waals surface area contributed by atoms with Crippen molar-refractivity contribution in [2.45, 2.75) is 25.6 Å². The highest BCUT2D eigenvalue weighted by Crippen LogP contribution is 2.35. The summed E-state index contributed by atoms with van der Waals surface area (Å²) in [6.07, 6.45) is 0.301. The molecule has 0 saturated carbocycles. The van der Waals surface area contributed by atoms with Crippen molar-refractivity contribution in [2.24, 2.45) is 0 Å². The van der Waals surface area contributed by atoms with Gasteiger partial charge in [-0.25, -0.2) is 15.0 Å². The number of anilines is 3. The van der Waals surface area contributed by atoms with E-state index in [1.807, 2.05) is 38.2 Å². The lowest BCUT2D eigenvalue weighted by Crippen LogP contribution is -2.13. The second kappa shape index (κ2) is 10.2. The predicted octanol–water partition coefficient (Wildman–Crippen LogP) is 4.82. The van der Waals surface area contributed by atoms with Gasteiger partial charge in [0.25, 0.3) is 0 Å². The molecule has 0 aliphatic carbocycles. The molecule has 3 aromatic heterocycles. The highest BCUT2D eigenvalue weighted by Gasteiger charge is 2.31. The second-order valence-electron chi connectivity index (χ2n) is 8.19. The maximum atomic E-state index is 13.2. The Hall–Kier alpha value is -3.86. The van der Waals surface area contributed by atoms with Crippen molar-refractivity contribution in [3.05, 3.63) is 60.0 Å². The maximum absolute atomic E-state index is 13.2. The fourth-order valence-electron chi connectivity index (χ4n) is 3.70. The summed E-state index contributed by atoms with van der Waals surface area (Å²) in [5.41, 5.74) is 8.61. The smallest absolute Gasteiger partial charge is 0.396 e. The normalized spacial score (nSPS) is 12.6. The molecule has 35 heavy (non-hydrogen) atoms. The van der Waals surface area contributed by atoms with Crippen LogP contribution in [-0.2, 0) is 6.18 Å². The molecule has 0 spiro atoms. The van der Waals surface area contributed by atoms with Crippen LogP contribution in [0.3, 0.4) is 0 Å². The zero-order valence-electron chi connectivity index (χ0n) is 19.4. The van der Waals surface area contributed by atoms with Gasteiger partial charge in [-0.2, -0.15) is 13.2 Å². The van der Waals surface area contributed by atoms with E-state index in [9.17, 15) is 13.2 Å². The molecule has 0 aliphatic rings. The van der Waals surface area contributed by atoms with Crippen LogP contribution in [0.2, 0.25) is 0 Å². The number of nitrogens with zero attached hydrogens (tertiary/aromatic N) is 3. The molecule has 4 rings (SSSR count). The Labute approximate surface area is 200 Å². The summed E-state index contributed by atoms with van der Waals surface area (Å²) in [5, 5.41) is 10.0. The number of nitrogens with two attached hydrogens (primary N) is 1. The van der Waals surface area contributed by atoms with Crippen LogP contribution in [0.25, 0.3) is 22.3 Å². The fourth-order valence-corrected chi connectivity index (χ4v) is 3.70. The molecule has 0 amide bonds. The summed E-state index contributed by atoms with van der Waals surface area (Å²) in [6, 6.07) is 8.98. The van der Waals surface area contributed by atoms with Gasteiger partial charge in [0, 0.05) is 35.6 Å². The number of alkyl halides is 3. The minimum absolute atomic E-state index is 0.119. The van der Waals surface area contributed by atoms with Gasteiger partial charge in [-0.15, -0.1) is 0 Å².